The van der Waals surface area contributed by atoms with Crippen molar-refractivity contribution in [3.63, 3.8) is 0 Å². The summed E-state index contributed by atoms with van der Waals surface area (Å²) in [5.41, 5.74) is 0.159. The Bertz CT molecular complexity index is 767. The Morgan fingerprint density at radius 1 is 1.08 bits per heavy atom. The van der Waals surface area contributed by atoms with Crippen molar-refractivity contribution in [1.82, 2.24) is 9.55 Å². The summed E-state index contributed by atoms with van der Waals surface area (Å²) in [4.78, 5) is 29.3. The summed E-state index contributed by atoms with van der Waals surface area (Å²) in [6.45, 7) is 6.54. The first-order valence-corrected chi connectivity index (χ1v) is 8.67. The third-order valence-electron chi connectivity index (χ3n) is 3.61. The van der Waals surface area contributed by atoms with Crippen LogP contribution in [0.5, 0.6) is 0 Å². The van der Waals surface area contributed by atoms with Crippen LogP contribution < -0.4 is 5.56 Å². The molecule has 0 saturated carbocycles. The van der Waals surface area contributed by atoms with Gasteiger partial charge in [0.1, 0.15) is 11.4 Å². The van der Waals surface area contributed by atoms with Crippen LogP contribution in [0.3, 0.4) is 0 Å². The van der Waals surface area contributed by atoms with Gasteiger partial charge in [-0.2, -0.15) is 0 Å². The standard InChI is InChI=1S/C19H24N2O5/c1-4-24-16(25-5-2)13-21-17(14-10-8-7-9-11-14)20-12-15(18(21)22)19(23)26-6-3/h7-12,16H,4-6,13H2,1-3H3. The Balaban J connectivity index is 2.53. The van der Waals surface area contributed by atoms with Gasteiger partial charge in [0.05, 0.1) is 13.2 Å². The smallest absolute Gasteiger partial charge is 0.345 e. The van der Waals surface area contributed by atoms with Gasteiger partial charge < -0.3 is 14.2 Å². The quantitative estimate of drug-likeness (QED) is 0.505. The lowest BCUT2D eigenvalue weighted by Gasteiger charge is -2.20. The summed E-state index contributed by atoms with van der Waals surface area (Å²) < 4.78 is 17.5. The molecule has 2 aromatic rings. The number of ether oxygens (including phenoxy) is 3. The maximum atomic E-state index is 12.9. The maximum Gasteiger partial charge on any atom is 0.345 e. The zero-order valence-corrected chi connectivity index (χ0v) is 15.3. The molecule has 0 fully saturated rings. The number of aromatic nitrogens is 2. The number of hydrogen-bond acceptors (Lipinski definition) is 6. The number of rotatable bonds is 9. The molecule has 1 aromatic heterocycles. The molecule has 0 saturated heterocycles. The number of carbonyl (C=O) groups is 1. The molecule has 0 radical (unpaired) electrons. The molecule has 0 spiro atoms. The molecule has 7 nitrogen and oxygen atoms in total. The Labute approximate surface area is 152 Å². The minimum atomic E-state index is -0.692. The van der Waals surface area contributed by atoms with Gasteiger partial charge in [-0.1, -0.05) is 30.3 Å². The van der Waals surface area contributed by atoms with Crippen molar-refractivity contribution >= 4 is 5.97 Å². The Morgan fingerprint density at radius 2 is 1.73 bits per heavy atom. The maximum absolute atomic E-state index is 12.9. The largest absolute Gasteiger partial charge is 0.462 e. The van der Waals surface area contributed by atoms with Crippen molar-refractivity contribution in [2.24, 2.45) is 0 Å². The highest BCUT2D eigenvalue weighted by Crippen LogP contribution is 2.16. The molecule has 0 N–H and O–H groups in total. The van der Waals surface area contributed by atoms with Crippen LogP contribution in [0.15, 0.2) is 41.3 Å². The molecule has 1 heterocycles. The molecule has 2 rings (SSSR count). The second-order valence-corrected chi connectivity index (χ2v) is 5.34. The van der Waals surface area contributed by atoms with Crippen LogP contribution in [0.25, 0.3) is 11.4 Å². The van der Waals surface area contributed by atoms with Crippen molar-refractivity contribution in [1.29, 1.82) is 0 Å². The summed E-state index contributed by atoms with van der Waals surface area (Å²) >= 11 is 0. The molecule has 0 atom stereocenters. The third-order valence-corrected chi connectivity index (χ3v) is 3.61. The fraction of sp³-hybridized carbons (Fsp3) is 0.421. The molecule has 0 unspecified atom stereocenters. The molecule has 140 valence electrons. The molecule has 0 aliphatic carbocycles. The van der Waals surface area contributed by atoms with E-state index in [9.17, 15) is 9.59 Å². The lowest BCUT2D eigenvalue weighted by atomic mass is 10.2. The normalized spacial score (nSPS) is 10.9. The highest BCUT2D eigenvalue weighted by molar-refractivity contribution is 5.88. The van der Waals surface area contributed by atoms with Crippen molar-refractivity contribution in [2.75, 3.05) is 19.8 Å². The van der Waals surface area contributed by atoms with E-state index in [1.807, 2.05) is 44.2 Å². The average molecular weight is 360 g/mol. The van der Waals surface area contributed by atoms with E-state index in [-0.39, 0.29) is 18.7 Å². The Morgan fingerprint density at radius 3 is 2.31 bits per heavy atom. The van der Waals surface area contributed by atoms with Gasteiger partial charge in [0.15, 0.2) is 6.29 Å². The van der Waals surface area contributed by atoms with Gasteiger partial charge in [0.2, 0.25) is 0 Å². The first-order chi connectivity index (χ1) is 12.6. The van der Waals surface area contributed by atoms with Crippen molar-refractivity contribution in [3.05, 3.63) is 52.4 Å². The molecular weight excluding hydrogens is 336 g/mol. The zero-order chi connectivity index (χ0) is 18.9. The first kappa shape index (κ1) is 19.8. The van der Waals surface area contributed by atoms with Gasteiger partial charge in [-0.3, -0.25) is 9.36 Å². The topological polar surface area (TPSA) is 79.7 Å². The van der Waals surface area contributed by atoms with E-state index >= 15 is 0 Å². The lowest BCUT2D eigenvalue weighted by Crippen LogP contribution is -2.35. The summed E-state index contributed by atoms with van der Waals surface area (Å²) in [6.07, 6.45) is 0.639. The molecule has 0 bridgehead atoms. The van der Waals surface area contributed by atoms with Crippen LogP contribution in [0.1, 0.15) is 31.1 Å². The van der Waals surface area contributed by atoms with Crippen LogP contribution >= 0.6 is 0 Å². The molecular formula is C19H24N2O5. The molecule has 0 amide bonds. The zero-order valence-electron chi connectivity index (χ0n) is 15.3. The van der Waals surface area contributed by atoms with E-state index in [4.69, 9.17) is 14.2 Å². The molecule has 7 heteroatoms. The second kappa shape index (κ2) is 9.84. The number of benzene rings is 1. The summed E-state index contributed by atoms with van der Waals surface area (Å²) in [5, 5.41) is 0. The fourth-order valence-corrected chi connectivity index (χ4v) is 2.50. The van der Waals surface area contributed by atoms with Gasteiger partial charge in [0, 0.05) is 25.0 Å². The Kier molecular flexibility index (Phi) is 7.50. The van der Waals surface area contributed by atoms with Crippen LogP contribution in [0.2, 0.25) is 0 Å². The Hall–Kier alpha value is -2.51. The minimum absolute atomic E-state index is 0.113. The van der Waals surface area contributed by atoms with Crippen LogP contribution in [-0.4, -0.2) is 41.6 Å². The fourth-order valence-electron chi connectivity index (χ4n) is 2.50. The number of hydrogen-bond donors (Lipinski definition) is 0. The molecule has 1 aromatic carbocycles. The number of carbonyl (C=O) groups excluding carboxylic acids is 1. The molecule has 26 heavy (non-hydrogen) atoms. The van der Waals surface area contributed by atoms with Crippen molar-refractivity contribution < 1.29 is 19.0 Å². The highest BCUT2D eigenvalue weighted by Gasteiger charge is 2.21. The monoisotopic (exact) mass is 360 g/mol. The summed E-state index contributed by atoms with van der Waals surface area (Å²) in [7, 11) is 0. The number of nitrogens with zero attached hydrogens (tertiary/aromatic N) is 2. The second-order valence-electron chi connectivity index (χ2n) is 5.34. The summed E-state index contributed by atoms with van der Waals surface area (Å²) in [5.74, 6) is -0.254. The van der Waals surface area contributed by atoms with E-state index in [1.54, 1.807) is 6.92 Å². The van der Waals surface area contributed by atoms with Crippen LogP contribution in [0, 0.1) is 0 Å². The average Bonchev–Trinajstić information content (AvgIpc) is 2.64. The highest BCUT2D eigenvalue weighted by atomic mass is 16.7. The van der Waals surface area contributed by atoms with E-state index in [0.717, 1.165) is 5.56 Å². The summed E-state index contributed by atoms with van der Waals surface area (Å²) in [6, 6.07) is 9.28. The SMILES string of the molecule is CCOC(=O)c1cnc(-c2ccccc2)n(CC(OCC)OCC)c1=O. The van der Waals surface area contributed by atoms with E-state index in [2.05, 4.69) is 4.98 Å². The molecule has 0 aliphatic heterocycles. The minimum Gasteiger partial charge on any atom is -0.462 e. The predicted molar refractivity (Wildman–Crippen MR) is 96.9 cm³/mol. The van der Waals surface area contributed by atoms with Gasteiger partial charge in [-0.15, -0.1) is 0 Å². The van der Waals surface area contributed by atoms with Crippen LogP contribution in [0.4, 0.5) is 0 Å². The number of esters is 1. The van der Waals surface area contributed by atoms with E-state index in [0.29, 0.717) is 19.0 Å². The first-order valence-electron chi connectivity index (χ1n) is 8.67. The lowest BCUT2D eigenvalue weighted by molar-refractivity contribution is -0.143. The predicted octanol–water partition coefficient (Wildman–Crippen LogP) is 2.49. The van der Waals surface area contributed by atoms with Crippen LogP contribution in [-0.2, 0) is 20.8 Å². The van der Waals surface area contributed by atoms with Crippen molar-refractivity contribution in [3.8, 4) is 11.4 Å². The van der Waals surface area contributed by atoms with Crippen molar-refractivity contribution in [2.45, 2.75) is 33.6 Å². The molecule has 0 aliphatic rings. The van der Waals surface area contributed by atoms with Gasteiger partial charge in [-0.25, -0.2) is 9.78 Å². The van der Waals surface area contributed by atoms with Gasteiger partial charge in [-0.05, 0) is 20.8 Å². The van der Waals surface area contributed by atoms with Gasteiger partial charge in [0.25, 0.3) is 5.56 Å². The van der Waals surface area contributed by atoms with Gasteiger partial charge >= 0.3 is 5.97 Å². The third kappa shape index (κ3) is 4.77. The van der Waals surface area contributed by atoms with E-state index in [1.165, 1.54) is 10.8 Å². The van der Waals surface area contributed by atoms with E-state index < -0.39 is 17.8 Å².